The Morgan fingerprint density at radius 1 is 1.47 bits per heavy atom. The molecule has 1 aromatic rings. The summed E-state index contributed by atoms with van der Waals surface area (Å²) in [4.78, 5) is 22.0. The van der Waals surface area contributed by atoms with E-state index in [1.54, 1.807) is 13.8 Å². The molecule has 1 aromatic heterocycles. The van der Waals surface area contributed by atoms with Crippen molar-refractivity contribution < 1.29 is 19.8 Å². The average molecular weight is 242 g/mol. The van der Waals surface area contributed by atoms with Crippen molar-refractivity contribution in [3.05, 3.63) is 11.4 Å². The highest BCUT2D eigenvalue weighted by Gasteiger charge is 2.19. The second-order valence-electron chi connectivity index (χ2n) is 3.48. The van der Waals surface area contributed by atoms with Crippen molar-refractivity contribution in [2.24, 2.45) is 0 Å². The van der Waals surface area contributed by atoms with Crippen molar-refractivity contribution in [2.75, 3.05) is 11.9 Å². The van der Waals surface area contributed by atoms with E-state index in [2.05, 4.69) is 20.8 Å². The van der Waals surface area contributed by atoms with Crippen LogP contribution in [0, 0.1) is 13.8 Å². The van der Waals surface area contributed by atoms with Gasteiger partial charge in [0.25, 0.3) is 0 Å². The van der Waals surface area contributed by atoms with Crippen LogP contribution in [0.15, 0.2) is 0 Å². The van der Waals surface area contributed by atoms with Gasteiger partial charge in [-0.25, -0.2) is 9.59 Å². The van der Waals surface area contributed by atoms with Gasteiger partial charge in [-0.3, -0.25) is 5.10 Å². The second kappa shape index (κ2) is 5.30. The zero-order chi connectivity index (χ0) is 13.0. The van der Waals surface area contributed by atoms with Crippen LogP contribution in [0.5, 0.6) is 0 Å². The largest absolute Gasteiger partial charge is 0.480 e. The van der Waals surface area contributed by atoms with E-state index in [0.717, 1.165) is 0 Å². The van der Waals surface area contributed by atoms with Gasteiger partial charge in [0.2, 0.25) is 0 Å². The molecule has 8 heteroatoms. The number of H-pyrrole nitrogens is 1. The number of rotatable bonds is 4. The molecule has 0 bridgehead atoms. The fraction of sp³-hybridized carbons (Fsp3) is 0.444. The quantitative estimate of drug-likeness (QED) is 0.490. The molecule has 94 valence electrons. The first-order valence-electron chi connectivity index (χ1n) is 4.88. The van der Waals surface area contributed by atoms with Gasteiger partial charge in [0.1, 0.15) is 0 Å². The summed E-state index contributed by atoms with van der Waals surface area (Å²) in [5, 5.41) is 28.5. The van der Waals surface area contributed by atoms with Crippen LogP contribution in [-0.2, 0) is 4.79 Å². The predicted octanol–water partition coefficient (Wildman–Crippen LogP) is -0.406. The number of anilines is 1. The number of nitrogens with one attached hydrogen (secondary N) is 3. The van der Waals surface area contributed by atoms with E-state index in [0.29, 0.717) is 17.1 Å². The molecule has 0 spiro atoms. The number of aliphatic hydroxyl groups is 1. The van der Waals surface area contributed by atoms with E-state index < -0.39 is 24.6 Å². The lowest BCUT2D eigenvalue weighted by molar-refractivity contribution is -0.140. The number of aromatic amines is 1. The summed E-state index contributed by atoms with van der Waals surface area (Å²) in [7, 11) is 0. The zero-order valence-electron chi connectivity index (χ0n) is 9.44. The average Bonchev–Trinajstić information content (AvgIpc) is 2.57. The molecular weight excluding hydrogens is 228 g/mol. The summed E-state index contributed by atoms with van der Waals surface area (Å²) in [5.74, 6) is -1.30. The smallest absolute Gasteiger partial charge is 0.328 e. The molecule has 1 atom stereocenters. The fourth-order valence-electron chi connectivity index (χ4n) is 1.23. The lowest BCUT2D eigenvalue weighted by Gasteiger charge is -2.12. The van der Waals surface area contributed by atoms with Gasteiger partial charge < -0.3 is 20.8 Å². The SMILES string of the molecule is Cc1n[nH]c(C)c1NC(=O)N[C@H](CO)C(=O)O. The van der Waals surface area contributed by atoms with Crippen molar-refractivity contribution in [1.82, 2.24) is 15.5 Å². The van der Waals surface area contributed by atoms with Crippen LogP contribution in [0.1, 0.15) is 11.4 Å². The molecule has 0 aliphatic rings. The van der Waals surface area contributed by atoms with Gasteiger partial charge in [0.15, 0.2) is 6.04 Å². The molecule has 17 heavy (non-hydrogen) atoms. The number of amides is 2. The van der Waals surface area contributed by atoms with Crippen molar-refractivity contribution in [3.8, 4) is 0 Å². The third kappa shape index (κ3) is 3.18. The van der Waals surface area contributed by atoms with Gasteiger partial charge in [0.05, 0.1) is 23.7 Å². The van der Waals surface area contributed by atoms with E-state index in [1.165, 1.54) is 0 Å². The number of carbonyl (C=O) groups excluding carboxylic acids is 1. The monoisotopic (exact) mass is 242 g/mol. The highest BCUT2D eigenvalue weighted by Crippen LogP contribution is 2.15. The molecule has 1 rings (SSSR count). The Labute approximate surface area is 97.0 Å². The Balaban J connectivity index is 2.64. The topological polar surface area (TPSA) is 127 Å². The molecule has 0 aliphatic heterocycles. The van der Waals surface area contributed by atoms with Gasteiger partial charge in [0, 0.05) is 0 Å². The van der Waals surface area contributed by atoms with Crippen LogP contribution >= 0.6 is 0 Å². The minimum atomic E-state index is -1.33. The number of carboxylic acids is 1. The normalized spacial score (nSPS) is 11.9. The number of carboxylic acid groups (broad SMARTS) is 1. The number of hydrogen-bond acceptors (Lipinski definition) is 4. The maximum absolute atomic E-state index is 11.5. The Hall–Kier alpha value is -2.09. The molecule has 0 radical (unpaired) electrons. The zero-order valence-corrected chi connectivity index (χ0v) is 9.44. The number of carbonyl (C=O) groups is 2. The summed E-state index contributed by atoms with van der Waals surface area (Å²) in [5.41, 5.74) is 1.74. The summed E-state index contributed by atoms with van der Waals surface area (Å²) >= 11 is 0. The number of nitrogens with zero attached hydrogens (tertiary/aromatic N) is 1. The lowest BCUT2D eigenvalue weighted by atomic mass is 10.3. The first-order chi connectivity index (χ1) is 7.95. The van der Waals surface area contributed by atoms with Crippen LogP contribution < -0.4 is 10.6 Å². The predicted molar refractivity (Wildman–Crippen MR) is 58.7 cm³/mol. The van der Waals surface area contributed by atoms with E-state index in [-0.39, 0.29) is 0 Å². The number of urea groups is 1. The number of aryl methyl sites for hydroxylation is 2. The summed E-state index contributed by atoms with van der Waals surface area (Å²) in [6, 6.07) is -2.04. The van der Waals surface area contributed by atoms with Gasteiger partial charge in [-0.2, -0.15) is 5.10 Å². The van der Waals surface area contributed by atoms with Gasteiger partial charge in [-0.1, -0.05) is 0 Å². The third-order valence-corrected chi connectivity index (χ3v) is 2.15. The molecule has 0 fully saturated rings. The molecule has 0 aliphatic carbocycles. The highest BCUT2D eigenvalue weighted by atomic mass is 16.4. The van der Waals surface area contributed by atoms with E-state index >= 15 is 0 Å². The van der Waals surface area contributed by atoms with E-state index in [1.807, 2.05) is 0 Å². The Morgan fingerprint density at radius 3 is 2.53 bits per heavy atom. The van der Waals surface area contributed by atoms with Crippen LogP contribution in [0.4, 0.5) is 10.5 Å². The molecule has 0 saturated carbocycles. The maximum Gasteiger partial charge on any atom is 0.328 e. The molecule has 0 aromatic carbocycles. The third-order valence-electron chi connectivity index (χ3n) is 2.15. The van der Waals surface area contributed by atoms with Gasteiger partial charge in [-0.05, 0) is 13.8 Å². The Kier molecular flexibility index (Phi) is 4.05. The van der Waals surface area contributed by atoms with Crippen molar-refractivity contribution >= 4 is 17.7 Å². The van der Waals surface area contributed by atoms with Crippen molar-refractivity contribution in [2.45, 2.75) is 19.9 Å². The molecule has 0 unspecified atom stereocenters. The van der Waals surface area contributed by atoms with Crippen molar-refractivity contribution in [3.63, 3.8) is 0 Å². The highest BCUT2D eigenvalue weighted by molar-refractivity contribution is 5.93. The Morgan fingerprint density at radius 2 is 2.12 bits per heavy atom. The Bertz CT molecular complexity index is 409. The first kappa shape index (κ1) is 13.0. The van der Waals surface area contributed by atoms with E-state index in [4.69, 9.17) is 10.2 Å². The molecule has 0 saturated heterocycles. The second-order valence-corrected chi connectivity index (χ2v) is 3.48. The van der Waals surface area contributed by atoms with Crippen LogP contribution in [0.25, 0.3) is 0 Å². The first-order valence-corrected chi connectivity index (χ1v) is 4.88. The number of aliphatic hydroxyl groups excluding tert-OH is 1. The molecule has 5 N–H and O–H groups in total. The number of hydrogen-bond donors (Lipinski definition) is 5. The molecule has 1 heterocycles. The van der Waals surface area contributed by atoms with Crippen molar-refractivity contribution in [1.29, 1.82) is 0 Å². The van der Waals surface area contributed by atoms with Crippen LogP contribution in [0.3, 0.4) is 0 Å². The molecular formula is C9H14N4O4. The standard InChI is InChI=1S/C9H14N4O4/c1-4-7(5(2)13-12-4)11-9(17)10-6(3-14)8(15)16/h6,14H,3H2,1-2H3,(H,12,13)(H,15,16)(H2,10,11,17)/t6-/m1/s1. The fourth-order valence-corrected chi connectivity index (χ4v) is 1.23. The minimum Gasteiger partial charge on any atom is -0.480 e. The van der Waals surface area contributed by atoms with Crippen LogP contribution in [0.2, 0.25) is 0 Å². The van der Waals surface area contributed by atoms with Crippen LogP contribution in [-0.4, -0.2) is 45.1 Å². The molecule has 8 nitrogen and oxygen atoms in total. The van der Waals surface area contributed by atoms with E-state index in [9.17, 15) is 9.59 Å². The summed E-state index contributed by atoms with van der Waals surface area (Å²) in [6.45, 7) is 2.74. The summed E-state index contributed by atoms with van der Waals surface area (Å²) < 4.78 is 0. The maximum atomic E-state index is 11.5. The minimum absolute atomic E-state index is 0.490. The van der Waals surface area contributed by atoms with Gasteiger partial charge in [-0.15, -0.1) is 0 Å². The van der Waals surface area contributed by atoms with Gasteiger partial charge >= 0.3 is 12.0 Å². The summed E-state index contributed by atoms with van der Waals surface area (Å²) in [6.07, 6.45) is 0. The lowest BCUT2D eigenvalue weighted by Crippen LogP contribution is -2.45. The number of aliphatic carboxylic acids is 1. The molecule has 2 amide bonds. The number of aromatic nitrogens is 2.